The summed E-state index contributed by atoms with van der Waals surface area (Å²) in [5.74, 6) is 0.271. The van der Waals surface area contributed by atoms with Crippen LogP contribution in [0.4, 0.5) is 4.79 Å². The van der Waals surface area contributed by atoms with Crippen LogP contribution in [0.3, 0.4) is 0 Å². The lowest BCUT2D eigenvalue weighted by Gasteiger charge is -2.25. The molecule has 0 bridgehead atoms. The van der Waals surface area contributed by atoms with Gasteiger partial charge in [-0.1, -0.05) is 0 Å². The molecule has 2 aliphatic rings. The van der Waals surface area contributed by atoms with Crippen molar-refractivity contribution in [2.45, 2.75) is 38.5 Å². The summed E-state index contributed by atoms with van der Waals surface area (Å²) < 4.78 is 10.8. The van der Waals surface area contributed by atoms with E-state index < -0.39 is 5.60 Å². The molecule has 0 saturated carbocycles. The van der Waals surface area contributed by atoms with Gasteiger partial charge in [0.25, 0.3) is 0 Å². The third-order valence-corrected chi connectivity index (χ3v) is 3.01. The zero-order chi connectivity index (χ0) is 11.9. The van der Waals surface area contributed by atoms with Crippen molar-refractivity contribution in [3.63, 3.8) is 0 Å². The zero-order valence-electron chi connectivity index (χ0n) is 10.1. The second-order valence-corrected chi connectivity index (χ2v) is 5.58. The number of fused-ring (bicyclic) bond motifs is 1. The summed E-state index contributed by atoms with van der Waals surface area (Å²) in [5, 5.41) is 0. The molecular weight excluding hydrogens is 208 g/mol. The molecule has 0 aromatic rings. The summed E-state index contributed by atoms with van der Waals surface area (Å²) in [5.41, 5.74) is 5.46. The molecule has 0 aromatic carbocycles. The highest BCUT2D eigenvalue weighted by atomic mass is 16.6. The van der Waals surface area contributed by atoms with Crippen molar-refractivity contribution < 1.29 is 14.3 Å². The summed E-state index contributed by atoms with van der Waals surface area (Å²) in [6, 6.07) is 0.0532. The van der Waals surface area contributed by atoms with Crippen molar-refractivity contribution in [2.24, 2.45) is 11.7 Å². The number of amides is 1. The highest BCUT2D eigenvalue weighted by Gasteiger charge is 2.44. The standard InChI is InChI=1S/C11H20N2O3/c1-11(2,3)16-10(14)13-4-7-8(12)6-15-9(7)5-13/h7-9H,4-6,12H2,1-3H3/t7-,8-,9-/m0/s1. The first kappa shape index (κ1) is 11.7. The maximum absolute atomic E-state index is 11.8. The number of ether oxygens (including phenoxy) is 2. The molecule has 5 heteroatoms. The van der Waals surface area contributed by atoms with Gasteiger partial charge >= 0.3 is 6.09 Å². The number of carbonyl (C=O) groups excluding carboxylic acids is 1. The molecule has 16 heavy (non-hydrogen) atoms. The van der Waals surface area contributed by atoms with Crippen molar-refractivity contribution in [3.05, 3.63) is 0 Å². The van der Waals surface area contributed by atoms with Gasteiger partial charge in [0.05, 0.1) is 19.3 Å². The fourth-order valence-electron chi connectivity index (χ4n) is 2.22. The van der Waals surface area contributed by atoms with Crippen LogP contribution in [0.1, 0.15) is 20.8 Å². The van der Waals surface area contributed by atoms with Crippen LogP contribution in [-0.4, -0.2) is 48.4 Å². The molecule has 5 nitrogen and oxygen atoms in total. The van der Waals surface area contributed by atoms with E-state index in [0.29, 0.717) is 19.7 Å². The Kier molecular flexibility index (Phi) is 2.84. The van der Waals surface area contributed by atoms with E-state index in [1.807, 2.05) is 20.8 Å². The normalized spacial score (nSPS) is 34.0. The van der Waals surface area contributed by atoms with Gasteiger partial charge in [-0.2, -0.15) is 0 Å². The minimum absolute atomic E-state index is 0.0532. The van der Waals surface area contributed by atoms with E-state index in [0.717, 1.165) is 0 Å². The Hall–Kier alpha value is -0.810. The van der Waals surface area contributed by atoms with Gasteiger partial charge in [-0.3, -0.25) is 0 Å². The molecule has 2 N–H and O–H groups in total. The lowest BCUT2D eigenvalue weighted by atomic mass is 10.0. The quantitative estimate of drug-likeness (QED) is 0.658. The van der Waals surface area contributed by atoms with Gasteiger partial charge < -0.3 is 20.1 Å². The first-order valence-corrected chi connectivity index (χ1v) is 5.72. The Morgan fingerprint density at radius 1 is 1.44 bits per heavy atom. The van der Waals surface area contributed by atoms with Crippen LogP contribution in [-0.2, 0) is 9.47 Å². The number of carbonyl (C=O) groups is 1. The summed E-state index contributed by atoms with van der Waals surface area (Å²) in [4.78, 5) is 13.5. The molecule has 92 valence electrons. The molecule has 2 heterocycles. The Labute approximate surface area is 95.9 Å². The number of hydrogen-bond acceptors (Lipinski definition) is 4. The van der Waals surface area contributed by atoms with E-state index in [4.69, 9.17) is 15.2 Å². The van der Waals surface area contributed by atoms with Crippen LogP contribution in [0, 0.1) is 5.92 Å². The average Bonchev–Trinajstić information content (AvgIpc) is 2.65. The molecule has 2 aliphatic heterocycles. The van der Waals surface area contributed by atoms with Crippen molar-refractivity contribution in [3.8, 4) is 0 Å². The van der Waals surface area contributed by atoms with E-state index in [-0.39, 0.29) is 24.2 Å². The van der Waals surface area contributed by atoms with E-state index in [1.165, 1.54) is 0 Å². The number of nitrogens with two attached hydrogens (primary N) is 1. The third kappa shape index (κ3) is 2.30. The SMILES string of the molecule is CC(C)(C)OC(=O)N1C[C@@H]2[C@H](C1)OC[C@@H]2N. The van der Waals surface area contributed by atoms with Gasteiger partial charge in [-0.25, -0.2) is 4.79 Å². The average molecular weight is 228 g/mol. The highest BCUT2D eigenvalue weighted by Crippen LogP contribution is 2.29. The van der Waals surface area contributed by atoms with Crippen LogP contribution >= 0.6 is 0 Å². The Balaban J connectivity index is 1.92. The van der Waals surface area contributed by atoms with Crippen LogP contribution < -0.4 is 5.73 Å². The molecule has 0 radical (unpaired) electrons. The molecule has 0 aliphatic carbocycles. The summed E-state index contributed by atoms with van der Waals surface area (Å²) in [6.45, 7) is 7.46. The summed E-state index contributed by atoms with van der Waals surface area (Å²) in [7, 11) is 0. The van der Waals surface area contributed by atoms with E-state index in [9.17, 15) is 4.79 Å². The lowest BCUT2D eigenvalue weighted by molar-refractivity contribution is 0.0231. The van der Waals surface area contributed by atoms with Crippen molar-refractivity contribution in [1.29, 1.82) is 0 Å². The number of nitrogens with zero attached hydrogens (tertiary/aromatic N) is 1. The Bertz CT molecular complexity index is 287. The molecule has 0 aromatic heterocycles. The van der Waals surface area contributed by atoms with Gasteiger partial charge in [0.2, 0.25) is 0 Å². The monoisotopic (exact) mass is 228 g/mol. The predicted molar refractivity (Wildman–Crippen MR) is 59.0 cm³/mol. The second-order valence-electron chi connectivity index (χ2n) is 5.58. The van der Waals surface area contributed by atoms with E-state index >= 15 is 0 Å². The number of hydrogen-bond donors (Lipinski definition) is 1. The van der Waals surface area contributed by atoms with Crippen molar-refractivity contribution in [2.75, 3.05) is 19.7 Å². The first-order valence-electron chi connectivity index (χ1n) is 5.72. The number of likely N-dealkylation sites (tertiary alicyclic amines) is 1. The van der Waals surface area contributed by atoms with Gasteiger partial charge in [-0.05, 0) is 20.8 Å². The molecule has 3 atom stereocenters. The number of rotatable bonds is 0. The molecule has 0 unspecified atom stereocenters. The zero-order valence-corrected chi connectivity index (χ0v) is 10.1. The minimum atomic E-state index is -0.447. The van der Waals surface area contributed by atoms with Gasteiger partial charge in [0.15, 0.2) is 0 Å². The first-order chi connectivity index (χ1) is 7.37. The third-order valence-electron chi connectivity index (χ3n) is 3.01. The molecule has 1 amide bonds. The minimum Gasteiger partial charge on any atom is -0.444 e. The van der Waals surface area contributed by atoms with E-state index in [1.54, 1.807) is 4.90 Å². The van der Waals surface area contributed by atoms with Gasteiger partial charge in [0, 0.05) is 18.5 Å². The fraction of sp³-hybridized carbons (Fsp3) is 0.909. The fourth-order valence-corrected chi connectivity index (χ4v) is 2.22. The van der Waals surface area contributed by atoms with Crippen LogP contribution in [0.15, 0.2) is 0 Å². The summed E-state index contributed by atoms with van der Waals surface area (Å²) in [6.07, 6.45) is -0.166. The van der Waals surface area contributed by atoms with Crippen molar-refractivity contribution >= 4 is 6.09 Å². The van der Waals surface area contributed by atoms with E-state index in [2.05, 4.69) is 0 Å². The predicted octanol–water partition coefficient (Wildman–Crippen LogP) is 0.579. The maximum atomic E-state index is 11.8. The Morgan fingerprint density at radius 2 is 2.12 bits per heavy atom. The van der Waals surface area contributed by atoms with Crippen LogP contribution in [0.5, 0.6) is 0 Å². The maximum Gasteiger partial charge on any atom is 0.410 e. The lowest BCUT2D eigenvalue weighted by Crippen LogP contribution is -2.38. The highest BCUT2D eigenvalue weighted by molar-refractivity contribution is 5.68. The van der Waals surface area contributed by atoms with Crippen molar-refractivity contribution in [1.82, 2.24) is 4.90 Å². The van der Waals surface area contributed by atoms with Crippen LogP contribution in [0.25, 0.3) is 0 Å². The van der Waals surface area contributed by atoms with Crippen LogP contribution in [0.2, 0.25) is 0 Å². The van der Waals surface area contributed by atoms with Gasteiger partial charge in [0.1, 0.15) is 5.60 Å². The molecule has 2 rings (SSSR count). The second kappa shape index (κ2) is 3.89. The Morgan fingerprint density at radius 3 is 2.69 bits per heavy atom. The topological polar surface area (TPSA) is 64.8 Å². The molecule has 2 saturated heterocycles. The molecule has 0 spiro atoms. The molecule has 2 fully saturated rings. The smallest absolute Gasteiger partial charge is 0.410 e. The largest absolute Gasteiger partial charge is 0.444 e. The molecular formula is C11H20N2O3. The van der Waals surface area contributed by atoms with Gasteiger partial charge in [-0.15, -0.1) is 0 Å². The summed E-state index contributed by atoms with van der Waals surface area (Å²) >= 11 is 0.